The molecule has 1 N–H and O–H groups in total. The zero-order valence-corrected chi connectivity index (χ0v) is 19.0. The first-order chi connectivity index (χ1) is 14.1. The van der Waals surface area contributed by atoms with Crippen LogP contribution in [0.4, 0.5) is 0 Å². The molecule has 2 aliphatic rings. The van der Waals surface area contributed by atoms with E-state index in [2.05, 4.69) is 28.2 Å². The van der Waals surface area contributed by atoms with E-state index in [0.29, 0.717) is 37.9 Å². The summed E-state index contributed by atoms with van der Waals surface area (Å²) in [6.45, 7) is 5.15. The zero-order chi connectivity index (χ0) is 20.8. The van der Waals surface area contributed by atoms with Gasteiger partial charge in [-0.2, -0.15) is 0 Å². The standard InChI is InChI=1S/C21H31BrN2O5/c1-14(24(16-5-6-16)21(25)19-13-23-7-10-29-19)15-11-17(22)20(27-3)18(12-15)28-9-4-8-26-2/h11-12,14,16,19,23H,4-10,13H2,1-3H3/t14-,19?/m0/s1. The molecule has 1 amide bonds. The van der Waals surface area contributed by atoms with Gasteiger partial charge in [0.05, 0.1) is 30.8 Å². The van der Waals surface area contributed by atoms with Crippen molar-refractivity contribution in [3.63, 3.8) is 0 Å². The monoisotopic (exact) mass is 470 g/mol. The molecule has 0 spiro atoms. The Kier molecular flexibility index (Phi) is 8.17. The van der Waals surface area contributed by atoms with Crippen molar-refractivity contribution >= 4 is 21.8 Å². The summed E-state index contributed by atoms with van der Waals surface area (Å²) in [7, 11) is 3.30. The molecule has 8 heteroatoms. The maximum atomic E-state index is 13.2. The van der Waals surface area contributed by atoms with Gasteiger partial charge in [0.2, 0.25) is 0 Å². The van der Waals surface area contributed by atoms with Crippen LogP contribution in [0, 0.1) is 0 Å². The molecule has 1 saturated carbocycles. The topological polar surface area (TPSA) is 69.3 Å². The van der Waals surface area contributed by atoms with Crippen LogP contribution < -0.4 is 14.8 Å². The number of methoxy groups -OCH3 is 2. The highest BCUT2D eigenvalue weighted by molar-refractivity contribution is 9.10. The van der Waals surface area contributed by atoms with Gasteiger partial charge in [0, 0.05) is 39.3 Å². The van der Waals surface area contributed by atoms with E-state index in [-0.39, 0.29) is 18.0 Å². The number of carbonyl (C=O) groups is 1. The van der Waals surface area contributed by atoms with Crippen LogP contribution in [0.3, 0.4) is 0 Å². The van der Waals surface area contributed by atoms with Gasteiger partial charge in [-0.3, -0.25) is 4.79 Å². The number of benzene rings is 1. The van der Waals surface area contributed by atoms with E-state index in [4.69, 9.17) is 18.9 Å². The molecule has 1 saturated heterocycles. The Labute approximate surface area is 181 Å². The Morgan fingerprint density at radius 1 is 1.34 bits per heavy atom. The lowest BCUT2D eigenvalue weighted by Gasteiger charge is -2.34. The number of halogens is 1. The van der Waals surface area contributed by atoms with Crippen molar-refractivity contribution in [1.29, 1.82) is 0 Å². The second-order valence-corrected chi connectivity index (χ2v) is 8.30. The van der Waals surface area contributed by atoms with Crippen LogP contribution in [-0.4, -0.2) is 70.1 Å². The van der Waals surface area contributed by atoms with Crippen molar-refractivity contribution in [2.75, 3.05) is 47.1 Å². The third kappa shape index (κ3) is 5.63. The van der Waals surface area contributed by atoms with Gasteiger partial charge >= 0.3 is 0 Å². The molecular weight excluding hydrogens is 440 g/mol. The fourth-order valence-electron chi connectivity index (χ4n) is 3.61. The summed E-state index contributed by atoms with van der Waals surface area (Å²) in [5.41, 5.74) is 1.00. The van der Waals surface area contributed by atoms with Crippen LogP contribution in [0.1, 0.15) is 37.8 Å². The third-order valence-electron chi connectivity index (χ3n) is 5.28. The normalized spacial score (nSPS) is 20.2. The number of hydrogen-bond donors (Lipinski definition) is 1. The number of hydrogen-bond acceptors (Lipinski definition) is 6. The van der Waals surface area contributed by atoms with E-state index in [1.165, 1.54) is 0 Å². The van der Waals surface area contributed by atoms with Gasteiger partial charge in [-0.1, -0.05) is 0 Å². The van der Waals surface area contributed by atoms with Crippen LogP contribution in [-0.2, 0) is 14.3 Å². The number of rotatable bonds is 10. The highest BCUT2D eigenvalue weighted by atomic mass is 79.9. The zero-order valence-electron chi connectivity index (χ0n) is 17.4. The first-order valence-corrected chi connectivity index (χ1v) is 11.0. The van der Waals surface area contributed by atoms with Crippen LogP contribution in [0.2, 0.25) is 0 Å². The number of nitrogens with zero attached hydrogens (tertiary/aromatic N) is 1. The average molecular weight is 471 g/mol. The van der Waals surface area contributed by atoms with Gasteiger partial charge in [-0.25, -0.2) is 0 Å². The molecule has 1 unspecified atom stereocenters. The number of nitrogens with one attached hydrogen (secondary N) is 1. The molecule has 29 heavy (non-hydrogen) atoms. The number of ether oxygens (including phenoxy) is 4. The molecule has 2 atom stereocenters. The summed E-state index contributed by atoms with van der Waals surface area (Å²) in [5.74, 6) is 1.38. The predicted octanol–water partition coefficient (Wildman–Crippen LogP) is 2.91. The largest absolute Gasteiger partial charge is 0.492 e. The maximum Gasteiger partial charge on any atom is 0.253 e. The molecule has 1 aromatic carbocycles. The number of carbonyl (C=O) groups excluding carboxylic acids is 1. The molecule has 2 fully saturated rings. The molecule has 3 rings (SSSR count). The van der Waals surface area contributed by atoms with E-state index >= 15 is 0 Å². The van der Waals surface area contributed by atoms with Crippen LogP contribution in [0.25, 0.3) is 0 Å². The second-order valence-electron chi connectivity index (χ2n) is 7.45. The fourth-order valence-corrected chi connectivity index (χ4v) is 4.23. The van der Waals surface area contributed by atoms with E-state index in [1.807, 2.05) is 17.0 Å². The quantitative estimate of drug-likeness (QED) is 0.530. The second kappa shape index (κ2) is 10.6. The third-order valence-corrected chi connectivity index (χ3v) is 5.87. The van der Waals surface area contributed by atoms with Gasteiger partial charge in [0.1, 0.15) is 6.10 Å². The first-order valence-electron chi connectivity index (χ1n) is 10.2. The highest BCUT2D eigenvalue weighted by Crippen LogP contribution is 2.41. The molecule has 0 bridgehead atoms. The average Bonchev–Trinajstić information content (AvgIpc) is 3.56. The minimum Gasteiger partial charge on any atom is -0.492 e. The number of morpholine rings is 1. The lowest BCUT2D eigenvalue weighted by molar-refractivity contribution is -0.148. The molecule has 7 nitrogen and oxygen atoms in total. The molecule has 162 valence electrons. The van der Waals surface area contributed by atoms with Crippen molar-refractivity contribution in [2.45, 2.75) is 44.4 Å². The summed E-state index contributed by atoms with van der Waals surface area (Å²) in [6, 6.07) is 4.16. The summed E-state index contributed by atoms with van der Waals surface area (Å²) in [4.78, 5) is 15.2. The van der Waals surface area contributed by atoms with Gasteiger partial charge in [0.25, 0.3) is 5.91 Å². The van der Waals surface area contributed by atoms with Gasteiger partial charge in [-0.15, -0.1) is 0 Å². The van der Waals surface area contributed by atoms with Crippen molar-refractivity contribution in [1.82, 2.24) is 10.2 Å². The summed E-state index contributed by atoms with van der Waals surface area (Å²) < 4.78 is 23.1. The van der Waals surface area contributed by atoms with Crippen molar-refractivity contribution in [3.8, 4) is 11.5 Å². The minimum atomic E-state index is -0.418. The smallest absolute Gasteiger partial charge is 0.253 e. The van der Waals surface area contributed by atoms with E-state index in [1.54, 1.807) is 14.2 Å². The lowest BCUT2D eigenvalue weighted by atomic mass is 10.0. The summed E-state index contributed by atoms with van der Waals surface area (Å²) in [6.07, 6.45) is 2.44. The summed E-state index contributed by atoms with van der Waals surface area (Å²) >= 11 is 3.60. The first kappa shape index (κ1) is 22.3. The molecule has 1 aliphatic carbocycles. The lowest BCUT2D eigenvalue weighted by Crippen LogP contribution is -2.50. The Morgan fingerprint density at radius 3 is 2.76 bits per heavy atom. The van der Waals surface area contributed by atoms with E-state index < -0.39 is 6.10 Å². The molecule has 0 radical (unpaired) electrons. The Balaban J connectivity index is 1.80. The Morgan fingerprint density at radius 2 is 2.14 bits per heavy atom. The molecule has 1 aromatic rings. The fraction of sp³-hybridized carbons (Fsp3) is 0.667. The van der Waals surface area contributed by atoms with E-state index in [9.17, 15) is 4.79 Å². The van der Waals surface area contributed by atoms with Crippen LogP contribution >= 0.6 is 15.9 Å². The summed E-state index contributed by atoms with van der Waals surface area (Å²) in [5, 5.41) is 3.25. The van der Waals surface area contributed by atoms with Crippen molar-refractivity contribution < 1.29 is 23.7 Å². The Bertz CT molecular complexity index is 692. The maximum absolute atomic E-state index is 13.2. The minimum absolute atomic E-state index is 0.0571. The SMILES string of the molecule is COCCCOc1cc([C@H](C)N(C(=O)C2CNCCO2)C2CC2)cc(Br)c1OC. The van der Waals surface area contributed by atoms with E-state index in [0.717, 1.165) is 35.8 Å². The van der Waals surface area contributed by atoms with Crippen LogP contribution in [0.5, 0.6) is 11.5 Å². The number of amides is 1. The van der Waals surface area contributed by atoms with Crippen molar-refractivity contribution in [3.05, 3.63) is 22.2 Å². The Hall–Kier alpha value is -1.35. The predicted molar refractivity (Wildman–Crippen MR) is 114 cm³/mol. The van der Waals surface area contributed by atoms with Gasteiger partial charge < -0.3 is 29.2 Å². The molecule has 1 heterocycles. The molecule has 0 aromatic heterocycles. The molecular formula is C21H31BrN2O5. The molecule has 1 aliphatic heterocycles. The van der Waals surface area contributed by atoms with Gasteiger partial charge in [-0.05, 0) is 53.4 Å². The van der Waals surface area contributed by atoms with Gasteiger partial charge in [0.15, 0.2) is 11.5 Å². The van der Waals surface area contributed by atoms with Crippen LogP contribution in [0.15, 0.2) is 16.6 Å². The highest BCUT2D eigenvalue weighted by Gasteiger charge is 2.40. The van der Waals surface area contributed by atoms with Crippen molar-refractivity contribution in [2.24, 2.45) is 0 Å².